The zero-order chi connectivity index (χ0) is 16.4. The van der Waals surface area contributed by atoms with Crippen LogP contribution < -0.4 is 0 Å². The van der Waals surface area contributed by atoms with Crippen molar-refractivity contribution in [2.45, 2.75) is 19.3 Å². The highest BCUT2D eigenvalue weighted by molar-refractivity contribution is 6.22. The molecule has 0 spiro atoms. The highest BCUT2D eigenvalue weighted by atomic mass is 16.2. The summed E-state index contributed by atoms with van der Waals surface area (Å²) in [5.74, 6) is -2.45. The zero-order valence-corrected chi connectivity index (χ0v) is 12.8. The van der Waals surface area contributed by atoms with E-state index in [0.29, 0.717) is 12.0 Å². The van der Waals surface area contributed by atoms with E-state index in [1.807, 2.05) is 37.3 Å². The van der Waals surface area contributed by atoms with Gasteiger partial charge in [0.2, 0.25) is 11.8 Å². The minimum absolute atomic E-state index is 0.345. The number of hydrogen-bond donors (Lipinski definition) is 0. The zero-order valence-electron chi connectivity index (χ0n) is 12.8. The van der Waals surface area contributed by atoms with Gasteiger partial charge in [-0.3, -0.25) is 14.4 Å². The lowest BCUT2D eigenvalue weighted by Gasteiger charge is -2.13. The highest BCUT2D eigenvalue weighted by Gasteiger charge is 2.50. The van der Waals surface area contributed by atoms with Crippen molar-refractivity contribution in [1.29, 1.82) is 0 Å². The van der Waals surface area contributed by atoms with Gasteiger partial charge in [0.05, 0.1) is 11.8 Å². The third-order valence-electron chi connectivity index (χ3n) is 4.25. The van der Waals surface area contributed by atoms with E-state index in [0.717, 1.165) is 10.5 Å². The van der Waals surface area contributed by atoms with Crippen molar-refractivity contribution in [3.05, 3.63) is 71.8 Å². The van der Waals surface area contributed by atoms with Gasteiger partial charge in [-0.25, -0.2) is 4.90 Å². The molecule has 0 aliphatic carbocycles. The van der Waals surface area contributed by atoms with E-state index < -0.39 is 29.6 Å². The van der Waals surface area contributed by atoms with Crippen LogP contribution in [0.25, 0.3) is 0 Å². The largest absolute Gasteiger partial charge is 0.274 e. The van der Waals surface area contributed by atoms with Crippen molar-refractivity contribution in [1.82, 2.24) is 4.90 Å². The first-order valence-electron chi connectivity index (χ1n) is 7.67. The molecule has 2 aromatic rings. The number of nitrogens with zero attached hydrogens (tertiary/aromatic N) is 1. The molecule has 0 N–H and O–H groups in total. The molecular formula is C19H17NO3. The minimum atomic E-state index is -0.582. The Kier molecular flexibility index (Phi) is 4.06. The number of rotatable bonds is 3. The number of imide groups is 3. The van der Waals surface area contributed by atoms with Crippen LogP contribution in [0.5, 0.6) is 0 Å². The Morgan fingerprint density at radius 2 is 1.48 bits per heavy atom. The Hall–Kier alpha value is -2.75. The highest BCUT2D eigenvalue weighted by Crippen LogP contribution is 2.37. The Balaban J connectivity index is 1.99. The van der Waals surface area contributed by atoms with Gasteiger partial charge < -0.3 is 0 Å². The van der Waals surface area contributed by atoms with Gasteiger partial charge in [-0.05, 0) is 24.1 Å². The molecule has 0 aromatic heterocycles. The fourth-order valence-corrected chi connectivity index (χ4v) is 3.08. The molecular weight excluding hydrogens is 290 g/mol. The van der Waals surface area contributed by atoms with Gasteiger partial charge >= 0.3 is 0 Å². The SMILES string of the molecule is CC[C@H]1C(=O)N(C(=O)c2ccccc2)C(=O)[C@H]1c1ccccc1. The summed E-state index contributed by atoms with van der Waals surface area (Å²) in [6.45, 7) is 1.86. The van der Waals surface area contributed by atoms with Crippen molar-refractivity contribution >= 4 is 17.7 Å². The summed E-state index contributed by atoms with van der Waals surface area (Å²) in [5, 5.41) is 0. The minimum Gasteiger partial charge on any atom is -0.274 e. The molecule has 1 fully saturated rings. The number of benzene rings is 2. The number of carbonyl (C=O) groups excluding carboxylic acids is 3. The molecule has 2 atom stereocenters. The van der Waals surface area contributed by atoms with Crippen molar-refractivity contribution in [2.24, 2.45) is 5.92 Å². The number of carbonyl (C=O) groups is 3. The van der Waals surface area contributed by atoms with Crippen LogP contribution in [0.3, 0.4) is 0 Å². The lowest BCUT2D eigenvalue weighted by atomic mass is 9.86. The second-order valence-electron chi connectivity index (χ2n) is 5.59. The molecule has 3 amide bonds. The quantitative estimate of drug-likeness (QED) is 0.819. The van der Waals surface area contributed by atoms with Gasteiger partial charge in [0.15, 0.2) is 0 Å². The molecule has 3 rings (SSSR count). The summed E-state index contributed by atoms with van der Waals surface area (Å²) in [5.41, 5.74) is 1.12. The van der Waals surface area contributed by atoms with Crippen molar-refractivity contribution in [2.75, 3.05) is 0 Å². The van der Waals surface area contributed by atoms with Crippen molar-refractivity contribution in [3.8, 4) is 0 Å². The maximum Gasteiger partial charge on any atom is 0.267 e. The molecule has 0 radical (unpaired) electrons. The van der Waals surface area contributed by atoms with Crippen LogP contribution in [0.4, 0.5) is 0 Å². The first-order valence-corrected chi connectivity index (χ1v) is 7.67. The van der Waals surface area contributed by atoms with Gasteiger partial charge in [0.1, 0.15) is 0 Å². The second-order valence-corrected chi connectivity index (χ2v) is 5.59. The fraction of sp³-hybridized carbons (Fsp3) is 0.211. The maximum atomic E-state index is 12.8. The smallest absolute Gasteiger partial charge is 0.267 e. The van der Waals surface area contributed by atoms with E-state index >= 15 is 0 Å². The lowest BCUT2D eigenvalue weighted by molar-refractivity contribution is -0.136. The molecule has 23 heavy (non-hydrogen) atoms. The molecule has 1 aliphatic heterocycles. The van der Waals surface area contributed by atoms with Gasteiger partial charge in [-0.1, -0.05) is 55.5 Å². The monoisotopic (exact) mass is 307 g/mol. The summed E-state index contributed by atoms with van der Waals surface area (Å²) >= 11 is 0. The second kappa shape index (κ2) is 6.16. The first kappa shape index (κ1) is 15.2. The average Bonchev–Trinajstić information content (AvgIpc) is 2.85. The van der Waals surface area contributed by atoms with E-state index in [4.69, 9.17) is 0 Å². The molecule has 1 saturated heterocycles. The van der Waals surface area contributed by atoms with E-state index in [-0.39, 0.29) is 0 Å². The van der Waals surface area contributed by atoms with Crippen LogP contribution >= 0.6 is 0 Å². The summed E-state index contributed by atoms with van der Waals surface area (Å²) in [4.78, 5) is 38.8. The third kappa shape index (κ3) is 2.57. The van der Waals surface area contributed by atoms with Crippen molar-refractivity contribution < 1.29 is 14.4 Å². The lowest BCUT2D eigenvalue weighted by Crippen LogP contribution is -2.37. The Bertz CT molecular complexity index is 740. The number of hydrogen-bond acceptors (Lipinski definition) is 3. The number of likely N-dealkylation sites (tertiary alicyclic amines) is 1. The standard InChI is InChI=1S/C19H17NO3/c1-2-15-16(13-9-5-3-6-10-13)19(23)20(18(15)22)17(21)14-11-7-4-8-12-14/h3-12,15-16H,2H2,1H3/t15-,16+/m1/s1. The molecule has 4 heteroatoms. The molecule has 0 unspecified atom stereocenters. The predicted octanol–water partition coefficient (Wildman–Crippen LogP) is 3.01. The van der Waals surface area contributed by atoms with Gasteiger partial charge in [-0.15, -0.1) is 0 Å². The predicted molar refractivity (Wildman–Crippen MR) is 85.6 cm³/mol. The number of amides is 3. The van der Waals surface area contributed by atoms with E-state index in [2.05, 4.69) is 0 Å². The van der Waals surface area contributed by atoms with E-state index in [9.17, 15) is 14.4 Å². The van der Waals surface area contributed by atoms with Crippen LogP contribution in [0, 0.1) is 5.92 Å². The maximum absolute atomic E-state index is 12.8. The molecule has 0 saturated carbocycles. The van der Waals surface area contributed by atoms with E-state index in [1.165, 1.54) is 0 Å². The average molecular weight is 307 g/mol. The van der Waals surface area contributed by atoms with Gasteiger partial charge in [-0.2, -0.15) is 0 Å². The van der Waals surface area contributed by atoms with Crippen LogP contribution in [-0.4, -0.2) is 22.6 Å². The van der Waals surface area contributed by atoms with Crippen LogP contribution in [0.1, 0.15) is 35.2 Å². The van der Waals surface area contributed by atoms with E-state index in [1.54, 1.807) is 30.3 Å². The molecule has 1 heterocycles. The molecule has 4 nitrogen and oxygen atoms in total. The summed E-state index contributed by atoms with van der Waals surface area (Å²) in [7, 11) is 0. The normalized spacial score (nSPS) is 20.8. The van der Waals surface area contributed by atoms with Crippen LogP contribution in [0.2, 0.25) is 0 Å². The third-order valence-corrected chi connectivity index (χ3v) is 4.25. The van der Waals surface area contributed by atoms with Gasteiger partial charge in [0, 0.05) is 5.56 Å². The van der Waals surface area contributed by atoms with Crippen LogP contribution in [-0.2, 0) is 9.59 Å². The fourth-order valence-electron chi connectivity index (χ4n) is 3.08. The Morgan fingerprint density at radius 1 is 0.913 bits per heavy atom. The molecule has 0 bridgehead atoms. The molecule has 2 aromatic carbocycles. The summed E-state index contributed by atoms with van der Waals surface area (Å²) in [6.07, 6.45) is 0.517. The summed E-state index contributed by atoms with van der Waals surface area (Å²) in [6, 6.07) is 17.6. The first-order chi connectivity index (χ1) is 11.1. The Labute approximate surface area is 134 Å². The van der Waals surface area contributed by atoms with Gasteiger partial charge in [0.25, 0.3) is 5.91 Å². The topological polar surface area (TPSA) is 54.5 Å². The molecule has 116 valence electrons. The summed E-state index contributed by atoms with van der Waals surface area (Å²) < 4.78 is 0. The van der Waals surface area contributed by atoms with Crippen molar-refractivity contribution in [3.63, 3.8) is 0 Å². The van der Waals surface area contributed by atoms with Crippen LogP contribution in [0.15, 0.2) is 60.7 Å². The molecule has 1 aliphatic rings. The Morgan fingerprint density at radius 3 is 2.04 bits per heavy atom.